The summed E-state index contributed by atoms with van der Waals surface area (Å²) in [5.41, 5.74) is 3.25. The molecule has 1 unspecified atom stereocenters. The van der Waals surface area contributed by atoms with Crippen LogP contribution >= 0.6 is 0 Å². The highest BCUT2D eigenvalue weighted by atomic mass is 16.2. The number of nitrogens with zero attached hydrogens (tertiary/aromatic N) is 2. The van der Waals surface area contributed by atoms with Crippen LogP contribution in [-0.4, -0.2) is 40.3 Å². The molecule has 1 atom stereocenters. The van der Waals surface area contributed by atoms with Crippen LogP contribution in [0.1, 0.15) is 43.5 Å². The number of carbonyl (C=O) groups is 2. The molecule has 2 amide bonds. The van der Waals surface area contributed by atoms with Crippen LogP contribution in [0.25, 0.3) is 0 Å². The van der Waals surface area contributed by atoms with Crippen molar-refractivity contribution in [2.45, 2.75) is 45.3 Å². The van der Waals surface area contributed by atoms with E-state index >= 15 is 0 Å². The Morgan fingerprint density at radius 2 is 1.86 bits per heavy atom. The summed E-state index contributed by atoms with van der Waals surface area (Å²) in [6.45, 7) is 7.59. The molecule has 0 saturated heterocycles. The second-order valence-electron chi connectivity index (χ2n) is 8.21. The van der Waals surface area contributed by atoms with E-state index in [2.05, 4.69) is 44.8 Å². The van der Waals surface area contributed by atoms with Crippen LogP contribution in [0.5, 0.6) is 0 Å². The van der Waals surface area contributed by atoms with Crippen molar-refractivity contribution in [1.82, 2.24) is 20.5 Å². The number of nitrogens with one attached hydrogen (secondary N) is 2. The molecule has 0 bridgehead atoms. The lowest BCUT2D eigenvalue weighted by Crippen LogP contribution is -2.49. The molecule has 3 rings (SSSR count). The first-order valence-corrected chi connectivity index (χ1v) is 9.64. The van der Waals surface area contributed by atoms with Crippen LogP contribution in [-0.2, 0) is 22.6 Å². The maximum atomic E-state index is 12.3. The third-order valence-electron chi connectivity index (χ3n) is 4.82. The van der Waals surface area contributed by atoms with Gasteiger partial charge in [0.2, 0.25) is 0 Å². The maximum absolute atomic E-state index is 12.3. The van der Waals surface area contributed by atoms with Crippen molar-refractivity contribution in [3.05, 3.63) is 65.5 Å². The highest BCUT2D eigenvalue weighted by Crippen LogP contribution is 2.27. The van der Waals surface area contributed by atoms with Crippen molar-refractivity contribution >= 4 is 11.8 Å². The van der Waals surface area contributed by atoms with E-state index in [1.165, 1.54) is 11.1 Å². The molecule has 2 N–H and O–H groups in total. The summed E-state index contributed by atoms with van der Waals surface area (Å²) < 4.78 is 0. The van der Waals surface area contributed by atoms with Gasteiger partial charge >= 0.3 is 11.8 Å². The maximum Gasteiger partial charge on any atom is 0.309 e. The number of amides is 2. The predicted molar refractivity (Wildman–Crippen MR) is 108 cm³/mol. The number of aromatic nitrogens is 1. The molecule has 6 heteroatoms. The normalized spacial score (nSPS) is 15.4. The second kappa shape index (κ2) is 8.52. The fourth-order valence-electron chi connectivity index (χ4n) is 3.48. The SMILES string of the molecule is CC(C)(C)NC(=O)C(=O)NCC(c1cccnc1)N1CCc2ccccc2C1. The van der Waals surface area contributed by atoms with Crippen molar-refractivity contribution < 1.29 is 9.59 Å². The summed E-state index contributed by atoms with van der Waals surface area (Å²) in [7, 11) is 0. The van der Waals surface area contributed by atoms with Crippen molar-refractivity contribution in [2.24, 2.45) is 0 Å². The van der Waals surface area contributed by atoms with Crippen LogP contribution in [0.3, 0.4) is 0 Å². The molecule has 6 nitrogen and oxygen atoms in total. The lowest BCUT2D eigenvalue weighted by molar-refractivity contribution is -0.140. The van der Waals surface area contributed by atoms with Gasteiger partial charge in [-0.3, -0.25) is 19.5 Å². The number of pyridine rings is 1. The van der Waals surface area contributed by atoms with Gasteiger partial charge in [-0.1, -0.05) is 30.3 Å². The number of fused-ring (bicyclic) bond motifs is 1. The Labute approximate surface area is 166 Å². The van der Waals surface area contributed by atoms with Gasteiger partial charge < -0.3 is 10.6 Å². The molecule has 1 aromatic heterocycles. The van der Waals surface area contributed by atoms with Crippen LogP contribution < -0.4 is 10.6 Å². The summed E-state index contributed by atoms with van der Waals surface area (Å²) in [4.78, 5) is 31.0. The van der Waals surface area contributed by atoms with Crippen LogP contribution in [0, 0.1) is 0 Å². The summed E-state index contributed by atoms with van der Waals surface area (Å²) >= 11 is 0. The summed E-state index contributed by atoms with van der Waals surface area (Å²) in [6, 6.07) is 12.3. The number of benzene rings is 1. The molecule has 1 aliphatic heterocycles. The standard InChI is InChI=1S/C22H28N4O2/c1-22(2,3)25-21(28)20(27)24-14-19(17-9-6-11-23-13-17)26-12-10-16-7-4-5-8-18(16)15-26/h4-9,11,13,19H,10,12,14-15H2,1-3H3,(H,24,27)(H,25,28). The van der Waals surface area contributed by atoms with Gasteiger partial charge in [0.1, 0.15) is 0 Å². The molecule has 2 aromatic rings. The van der Waals surface area contributed by atoms with Gasteiger partial charge in [0.05, 0.1) is 6.04 Å². The van der Waals surface area contributed by atoms with Gasteiger partial charge in [0, 0.05) is 37.6 Å². The van der Waals surface area contributed by atoms with Crippen LogP contribution in [0.2, 0.25) is 0 Å². The molecule has 0 aliphatic carbocycles. The Bertz CT molecular complexity index is 830. The van der Waals surface area contributed by atoms with E-state index in [9.17, 15) is 9.59 Å². The van der Waals surface area contributed by atoms with E-state index in [1.54, 1.807) is 6.20 Å². The zero-order valence-corrected chi connectivity index (χ0v) is 16.7. The highest BCUT2D eigenvalue weighted by Gasteiger charge is 2.27. The number of carbonyl (C=O) groups excluding carboxylic acids is 2. The minimum atomic E-state index is -0.610. The van der Waals surface area contributed by atoms with Gasteiger partial charge in [-0.2, -0.15) is 0 Å². The van der Waals surface area contributed by atoms with Crippen molar-refractivity contribution in [2.75, 3.05) is 13.1 Å². The molecule has 148 valence electrons. The van der Waals surface area contributed by atoms with Crippen molar-refractivity contribution in [1.29, 1.82) is 0 Å². The summed E-state index contributed by atoms with van der Waals surface area (Å²) in [6.07, 6.45) is 4.53. The third-order valence-corrected chi connectivity index (χ3v) is 4.82. The lowest BCUT2D eigenvalue weighted by atomic mass is 9.97. The van der Waals surface area contributed by atoms with Gasteiger partial charge in [-0.25, -0.2) is 0 Å². The molecule has 2 heterocycles. The van der Waals surface area contributed by atoms with E-state index in [0.29, 0.717) is 6.54 Å². The fourth-order valence-corrected chi connectivity index (χ4v) is 3.48. The molecule has 0 radical (unpaired) electrons. The summed E-state index contributed by atoms with van der Waals surface area (Å²) in [5.74, 6) is -1.22. The van der Waals surface area contributed by atoms with E-state index in [0.717, 1.165) is 25.1 Å². The zero-order chi connectivity index (χ0) is 20.1. The monoisotopic (exact) mass is 380 g/mol. The topological polar surface area (TPSA) is 74.3 Å². The van der Waals surface area contributed by atoms with E-state index in [4.69, 9.17) is 0 Å². The molecule has 1 aromatic carbocycles. The van der Waals surface area contributed by atoms with Gasteiger partial charge in [-0.15, -0.1) is 0 Å². The highest BCUT2D eigenvalue weighted by molar-refractivity contribution is 6.35. The third kappa shape index (κ3) is 5.16. The molecular weight excluding hydrogens is 352 g/mol. The van der Waals surface area contributed by atoms with Gasteiger partial charge in [0.25, 0.3) is 0 Å². The smallest absolute Gasteiger partial charge is 0.309 e. The minimum absolute atomic E-state index is 0.0477. The second-order valence-corrected chi connectivity index (χ2v) is 8.21. The molecule has 0 saturated carbocycles. The van der Waals surface area contributed by atoms with Crippen molar-refractivity contribution in [3.8, 4) is 0 Å². The zero-order valence-electron chi connectivity index (χ0n) is 16.7. The first-order chi connectivity index (χ1) is 13.3. The van der Waals surface area contributed by atoms with Gasteiger partial charge in [-0.05, 0) is 49.9 Å². The first kappa shape index (κ1) is 20.0. The Hall–Kier alpha value is -2.73. The molecule has 0 spiro atoms. The molecular formula is C22H28N4O2. The largest absolute Gasteiger partial charge is 0.346 e. The lowest BCUT2D eigenvalue weighted by Gasteiger charge is -2.36. The Morgan fingerprint density at radius 3 is 2.54 bits per heavy atom. The molecule has 28 heavy (non-hydrogen) atoms. The van der Waals surface area contributed by atoms with E-state index in [1.807, 2.05) is 39.1 Å². The van der Waals surface area contributed by atoms with Crippen LogP contribution in [0.15, 0.2) is 48.8 Å². The van der Waals surface area contributed by atoms with Crippen LogP contribution in [0.4, 0.5) is 0 Å². The average Bonchev–Trinajstić information content (AvgIpc) is 2.67. The number of hydrogen-bond donors (Lipinski definition) is 2. The van der Waals surface area contributed by atoms with E-state index < -0.39 is 17.4 Å². The Morgan fingerprint density at radius 1 is 1.11 bits per heavy atom. The fraction of sp³-hybridized carbons (Fsp3) is 0.409. The molecule has 1 aliphatic rings. The Balaban J connectivity index is 1.72. The first-order valence-electron chi connectivity index (χ1n) is 9.64. The van der Waals surface area contributed by atoms with Crippen molar-refractivity contribution in [3.63, 3.8) is 0 Å². The predicted octanol–water partition coefficient (Wildman–Crippen LogP) is 2.21. The van der Waals surface area contributed by atoms with E-state index in [-0.39, 0.29) is 6.04 Å². The van der Waals surface area contributed by atoms with Gasteiger partial charge in [0.15, 0.2) is 0 Å². The number of rotatable bonds is 4. The molecule has 0 fully saturated rings. The minimum Gasteiger partial charge on any atom is -0.346 e. The Kier molecular flexibility index (Phi) is 6.09. The quantitative estimate of drug-likeness (QED) is 0.798. The average molecular weight is 380 g/mol. The summed E-state index contributed by atoms with van der Waals surface area (Å²) in [5, 5.41) is 5.50. The number of hydrogen-bond acceptors (Lipinski definition) is 4.